The third-order valence-electron chi connectivity index (χ3n) is 7.79. The Morgan fingerprint density at radius 3 is 2.58 bits per heavy atom. The Morgan fingerprint density at radius 2 is 1.84 bits per heavy atom. The molecule has 1 fully saturated rings. The van der Waals surface area contributed by atoms with E-state index in [1.54, 1.807) is 41.1 Å². The number of halogens is 2. The Kier molecular flexibility index (Phi) is 7.53. The van der Waals surface area contributed by atoms with Crippen molar-refractivity contribution in [2.24, 2.45) is 0 Å². The van der Waals surface area contributed by atoms with E-state index in [0.29, 0.717) is 22.7 Å². The van der Waals surface area contributed by atoms with Crippen LogP contribution in [0.25, 0.3) is 11.3 Å². The minimum absolute atomic E-state index is 0.186. The van der Waals surface area contributed by atoms with Crippen LogP contribution < -0.4 is 10.6 Å². The molecule has 3 heterocycles. The Hall–Kier alpha value is -4.83. The lowest BCUT2D eigenvalue weighted by atomic mass is 10.0. The Morgan fingerprint density at radius 1 is 1.07 bits per heavy atom. The normalized spacial score (nSPS) is 16.3. The summed E-state index contributed by atoms with van der Waals surface area (Å²) in [5.41, 5.74) is 5.29. The van der Waals surface area contributed by atoms with Gasteiger partial charge in [-0.05, 0) is 60.4 Å². The highest BCUT2D eigenvalue weighted by Crippen LogP contribution is 2.30. The van der Waals surface area contributed by atoms with Crippen molar-refractivity contribution in [2.75, 3.05) is 0 Å². The predicted molar refractivity (Wildman–Crippen MR) is 157 cm³/mol. The molecule has 9 nitrogen and oxygen atoms in total. The Balaban J connectivity index is 1.21. The summed E-state index contributed by atoms with van der Waals surface area (Å²) in [4.78, 5) is 51.8. The van der Waals surface area contributed by atoms with Crippen LogP contribution in [0.15, 0.2) is 66.7 Å². The first-order valence-corrected chi connectivity index (χ1v) is 14.2. The van der Waals surface area contributed by atoms with Crippen LogP contribution in [0, 0.1) is 12.7 Å². The largest absolute Gasteiger partial charge is 0.347 e. The maximum atomic E-state index is 13.5. The van der Waals surface area contributed by atoms with E-state index in [2.05, 4.69) is 15.7 Å². The lowest BCUT2D eigenvalue weighted by Gasteiger charge is -2.29. The topological polar surface area (TPSA) is 113 Å². The van der Waals surface area contributed by atoms with Crippen molar-refractivity contribution >= 4 is 35.2 Å². The number of fused-ring (bicyclic) bond motifs is 1. The number of rotatable bonds is 7. The number of amides is 4. The van der Waals surface area contributed by atoms with Crippen LogP contribution >= 0.6 is 11.6 Å². The van der Waals surface area contributed by atoms with E-state index in [1.807, 2.05) is 25.1 Å². The lowest BCUT2D eigenvalue weighted by Crippen LogP contribution is -2.52. The van der Waals surface area contributed by atoms with Crippen LogP contribution in [0.4, 0.5) is 4.39 Å². The molecule has 43 heavy (non-hydrogen) atoms. The van der Waals surface area contributed by atoms with Crippen molar-refractivity contribution in [1.82, 2.24) is 25.3 Å². The summed E-state index contributed by atoms with van der Waals surface area (Å²) in [6, 6.07) is 18.0. The first kappa shape index (κ1) is 28.3. The molecular weight excluding hydrogens is 573 g/mol. The minimum Gasteiger partial charge on any atom is -0.347 e. The number of piperidine rings is 1. The summed E-state index contributed by atoms with van der Waals surface area (Å²) in [6.45, 7) is 2.58. The third kappa shape index (κ3) is 5.65. The quantitative estimate of drug-likeness (QED) is 0.306. The highest BCUT2D eigenvalue weighted by atomic mass is 35.5. The Bertz CT molecular complexity index is 1780. The standard InChI is InChI=1S/C32H27ClFN5O4/c1-18-28(37-39(16-19-5-8-24(34)9-6-19)29(18)21-3-2-4-23(33)14-21)31(42)35-15-20-7-10-25-22(13-20)17-38(32(25)43)26-11-12-27(40)36-30(26)41/h2-10,13-14,26H,11-12,15-17H2,1H3,(H,35,42)(H,36,40,41). The first-order chi connectivity index (χ1) is 20.7. The number of aromatic nitrogens is 2. The number of nitrogens with zero attached hydrogens (tertiary/aromatic N) is 3. The summed E-state index contributed by atoms with van der Waals surface area (Å²) in [5.74, 6) is -1.76. The fourth-order valence-electron chi connectivity index (χ4n) is 5.65. The minimum atomic E-state index is -0.692. The van der Waals surface area contributed by atoms with Gasteiger partial charge < -0.3 is 10.2 Å². The van der Waals surface area contributed by atoms with Crippen molar-refractivity contribution < 1.29 is 23.6 Å². The number of nitrogens with one attached hydrogen (secondary N) is 2. The van der Waals surface area contributed by atoms with Crippen LogP contribution in [0.1, 0.15) is 55.9 Å². The van der Waals surface area contributed by atoms with E-state index in [-0.39, 0.29) is 55.2 Å². The lowest BCUT2D eigenvalue weighted by molar-refractivity contribution is -0.136. The molecule has 1 unspecified atom stereocenters. The third-order valence-corrected chi connectivity index (χ3v) is 8.02. The summed E-state index contributed by atoms with van der Waals surface area (Å²) in [5, 5.41) is 10.4. The van der Waals surface area contributed by atoms with E-state index < -0.39 is 11.9 Å². The van der Waals surface area contributed by atoms with Crippen LogP contribution in [-0.4, -0.2) is 44.4 Å². The second-order valence-corrected chi connectivity index (χ2v) is 11.1. The maximum Gasteiger partial charge on any atom is 0.272 e. The molecule has 1 atom stereocenters. The molecule has 2 aliphatic rings. The molecule has 2 aliphatic heterocycles. The first-order valence-electron chi connectivity index (χ1n) is 13.8. The van der Waals surface area contributed by atoms with E-state index in [1.165, 1.54) is 17.0 Å². The predicted octanol–water partition coefficient (Wildman–Crippen LogP) is 4.39. The van der Waals surface area contributed by atoms with Crippen molar-refractivity contribution in [3.8, 4) is 11.3 Å². The van der Waals surface area contributed by atoms with Gasteiger partial charge in [-0.15, -0.1) is 0 Å². The molecule has 2 N–H and O–H groups in total. The molecule has 0 bridgehead atoms. The highest BCUT2D eigenvalue weighted by molar-refractivity contribution is 6.30. The highest BCUT2D eigenvalue weighted by Gasteiger charge is 2.39. The molecular formula is C32H27ClFN5O4. The molecule has 0 spiro atoms. The van der Waals surface area contributed by atoms with E-state index in [4.69, 9.17) is 11.6 Å². The van der Waals surface area contributed by atoms with Crippen LogP contribution in [0.2, 0.25) is 5.02 Å². The molecule has 0 saturated carbocycles. The maximum absolute atomic E-state index is 13.5. The summed E-state index contributed by atoms with van der Waals surface area (Å²) in [6.07, 6.45) is 0.476. The van der Waals surface area contributed by atoms with Gasteiger partial charge in [0.15, 0.2) is 5.69 Å². The number of hydrogen-bond acceptors (Lipinski definition) is 5. The SMILES string of the molecule is Cc1c(C(=O)NCc2ccc3c(c2)CN(C2CCC(=O)NC2=O)C3=O)nn(Cc2ccc(F)cc2)c1-c1cccc(Cl)c1. The average molecular weight is 600 g/mol. The summed E-state index contributed by atoms with van der Waals surface area (Å²) < 4.78 is 15.2. The van der Waals surface area contributed by atoms with Crippen LogP contribution in [0.5, 0.6) is 0 Å². The van der Waals surface area contributed by atoms with Crippen molar-refractivity contribution in [1.29, 1.82) is 0 Å². The molecule has 1 saturated heterocycles. The molecule has 218 valence electrons. The number of imide groups is 1. The van der Waals surface area contributed by atoms with E-state index >= 15 is 0 Å². The molecule has 0 radical (unpaired) electrons. The van der Waals surface area contributed by atoms with Crippen molar-refractivity contribution in [2.45, 2.75) is 45.4 Å². The van der Waals surface area contributed by atoms with E-state index in [0.717, 1.165) is 27.9 Å². The number of carbonyl (C=O) groups is 4. The summed E-state index contributed by atoms with van der Waals surface area (Å²) in [7, 11) is 0. The molecule has 11 heteroatoms. The van der Waals surface area contributed by atoms with Gasteiger partial charge in [-0.1, -0.05) is 48.0 Å². The second-order valence-electron chi connectivity index (χ2n) is 10.7. The zero-order chi connectivity index (χ0) is 30.2. The van der Waals surface area contributed by atoms with Gasteiger partial charge in [0.2, 0.25) is 11.8 Å². The fourth-order valence-corrected chi connectivity index (χ4v) is 5.84. The number of benzene rings is 3. The fraction of sp³-hybridized carbons (Fsp3) is 0.219. The van der Waals surface area contributed by atoms with Crippen molar-refractivity contribution in [3.63, 3.8) is 0 Å². The van der Waals surface area contributed by atoms with E-state index in [9.17, 15) is 23.6 Å². The molecule has 4 aromatic rings. The number of carbonyl (C=O) groups excluding carboxylic acids is 4. The monoisotopic (exact) mass is 599 g/mol. The van der Waals surface area contributed by atoms with Crippen LogP contribution in [0.3, 0.4) is 0 Å². The molecule has 6 rings (SSSR count). The van der Waals surface area contributed by atoms with Crippen LogP contribution in [-0.2, 0) is 29.2 Å². The molecule has 1 aromatic heterocycles. The van der Waals surface area contributed by atoms with Gasteiger partial charge in [-0.25, -0.2) is 4.39 Å². The average Bonchev–Trinajstić information content (AvgIpc) is 3.48. The van der Waals surface area contributed by atoms with Gasteiger partial charge in [0.05, 0.1) is 12.2 Å². The van der Waals surface area contributed by atoms with Crippen molar-refractivity contribution in [3.05, 3.63) is 111 Å². The Labute approximate surface area is 251 Å². The van der Waals surface area contributed by atoms with Gasteiger partial charge >= 0.3 is 0 Å². The molecule has 3 aromatic carbocycles. The van der Waals surface area contributed by atoms with Gasteiger partial charge in [0, 0.05) is 41.2 Å². The molecule has 0 aliphatic carbocycles. The zero-order valence-corrected chi connectivity index (χ0v) is 24.0. The van der Waals surface area contributed by atoms with Gasteiger partial charge in [0.1, 0.15) is 11.9 Å². The smallest absolute Gasteiger partial charge is 0.272 e. The zero-order valence-electron chi connectivity index (χ0n) is 23.2. The van der Waals surface area contributed by atoms with Gasteiger partial charge in [-0.3, -0.25) is 29.2 Å². The summed E-state index contributed by atoms with van der Waals surface area (Å²) >= 11 is 6.27. The molecule has 4 amide bonds. The second kappa shape index (κ2) is 11.4. The van der Waals surface area contributed by atoms with Gasteiger partial charge in [0.25, 0.3) is 11.8 Å². The van der Waals surface area contributed by atoms with Gasteiger partial charge in [-0.2, -0.15) is 5.10 Å². The number of hydrogen-bond donors (Lipinski definition) is 2.